The Labute approximate surface area is 115 Å². The molecule has 0 saturated carbocycles. The maximum absolute atomic E-state index is 13.3. The lowest BCUT2D eigenvalue weighted by atomic mass is 10.0. The fourth-order valence-electron chi connectivity index (χ4n) is 2.13. The van der Waals surface area contributed by atoms with E-state index in [1.807, 2.05) is 30.3 Å². The van der Waals surface area contributed by atoms with Gasteiger partial charge in [0.15, 0.2) is 17.5 Å². The second-order valence-corrected chi connectivity index (χ2v) is 4.50. The molecule has 0 aromatic heterocycles. The van der Waals surface area contributed by atoms with Gasteiger partial charge in [-0.05, 0) is 29.8 Å². The summed E-state index contributed by atoms with van der Waals surface area (Å²) in [6.07, 6.45) is 0. The van der Waals surface area contributed by atoms with Gasteiger partial charge in [0.25, 0.3) is 0 Å². The van der Waals surface area contributed by atoms with Crippen molar-refractivity contribution < 1.29 is 13.2 Å². The van der Waals surface area contributed by atoms with Crippen molar-refractivity contribution in [3.05, 3.63) is 65.5 Å². The molecule has 0 aliphatic carbocycles. The predicted octanol–water partition coefficient (Wildman–Crippen LogP) is 3.24. The summed E-state index contributed by atoms with van der Waals surface area (Å²) in [4.78, 5) is 1.80. The fraction of sp³-hybridized carbons (Fsp3) is 0.200. The minimum absolute atomic E-state index is 0.149. The van der Waals surface area contributed by atoms with E-state index in [1.54, 1.807) is 11.9 Å². The van der Waals surface area contributed by atoms with Gasteiger partial charge in [-0.2, -0.15) is 0 Å². The molecule has 0 bridgehead atoms. The second-order valence-electron chi connectivity index (χ2n) is 4.50. The molecule has 1 unspecified atom stereocenters. The highest BCUT2D eigenvalue weighted by Gasteiger charge is 2.20. The molecule has 1 atom stereocenters. The van der Waals surface area contributed by atoms with Gasteiger partial charge in [-0.3, -0.25) is 0 Å². The summed E-state index contributed by atoms with van der Waals surface area (Å²) >= 11 is 0. The number of likely N-dealkylation sites (N-methyl/N-ethyl adjacent to an activating group) is 1. The molecule has 0 heterocycles. The maximum Gasteiger partial charge on any atom is 0.194 e. The molecule has 20 heavy (non-hydrogen) atoms. The van der Waals surface area contributed by atoms with E-state index in [9.17, 15) is 13.2 Å². The fourth-order valence-corrected chi connectivity index (χ4v) is 2.13. The molecule has 0 saturated heterocycles. The second kappa shape index (κ2) is 5.96. The van der Waals surface area contributed by atoms with Crippen molar-refractivity contribution in [1.82, 2.24) is 0 Å². The van der Waals surface area contributed by atoms with Gasteiger partial charge < -0.3 is 10.6 Å². The average Bonchev–Trinajstić information content (AvgIpc) is 2.46. The highest BCUT2D eigenvalue weighted by atomic mass is 19.2. The predicted molar refractivity (Wildman–Crippen MR) is 73.0 cm³/mol. The Bertz CT molecular complexity index is 564. The molecule has 2 aromatic rings. The van der Waals surface area contributed by atoms with Crippen LogP contribution in [0.4, 0.5) is 18.9 Å². The normalized spacial score (nSPS) is 12.2. The van der Waals surface area contributed by atoms with Crippen LogP contribution in [-0.4, -0.2) is 13.6 Å². The Morgan fingerprint density at radius 2 is 1.60 bits per heavy atom. The molecule has 0 radical (unpaired) electrons. The number of benzene rings is 2. The van der Waals surface area contributed by atoms with Crippen LogP contribution in [0.25, 0.3) is 0 Å². The zero-order chi connectivity index (χ0) is 14.7. The summed E-state index contributed by atoms with van der Waals surface area (Å²) in [6, 6.07) is 10.8. The molecule has 2 N–H and O–H groups in total. The van der Waals surface area contributed by atoms with E-state index in [-0.39, 0.29) is 6.54 Å². The van der Waals surface area contributed by atoms with Crippen molar-refractivity contribution in [3.63, 3.8) is 0 Å². The quantitative estimate of drug-likeness (QED) is 0.871. The number of nitrogens with two attached hydrogens (primary N) is 1. The van der Waals surface area contributed by atoms with Crippen LogP contribution in [0.5, 0.6) is 0 Å². The average molecular weight is 280 g/mol. The molecular weight excluding hydrogens is 265 g/mol. The molecule has 0 fully saturated rings. The number of para-hydroxylation sites is 1. The lowest BCUT2D eigenvalue weighted by Gasteiger charge is -2.29. The Kier molecular flexibility index (Phi) is 4.29. The standard InChI is InChI=1S/C15H15F3N2/c1-20(11-5-3-2-4-6-11)14(9-19)10-7-12(16)15(18)13(17)8-10/h2-8,14H,9,19H2,1H3. The molecule has 0 aliphatic heterocycles. The van der Waals surface area contributed by atoms with Crippen molar-refractivity contribution >= 4 is 5.69 Å². The zero-order valence-corrected chi connectivity index (χ0v) is 11.0. The highest BCUT2D eigenvalue weighted by Crippen LogP contribution is 2.26. The van der Waals surface area contributed by atoms with E-state index in [2.05, 4.69) is 0 Å². The largest absolute Gasteiger partial charge is 0.366 e. The van der Waals surface area contributed by atoms with Crippen molar-refractivity contribution in [2.75, 3.05) is 18.5 Å². The number of hydrogen-bond acceptors (Lipinski definition) is 2. The van der Waals surface area contributed by atoms with Crippen molar-refractivity contribution in [3.8, 4) is 0 Å². The van der Waals surface area contributed by atoms with Gasteiger partial charge in [0.1, 0.15) is 0 Å². The third-order valence-corrected chi connectivity index (χ3v) is 3.25. The lowest BCUT2D eigenvalue weighted by Crippen LogP contribution is -2.30. The Hall–Kier alpha value is -2.01. The third-order valence-electron chi connectivity index (χ3n) is 3.25. The molecule has 0 spiro atoms. The van der Waals surface area contributed by atoms with E-state index >= 15 is 0 Å². The summed E-state index contributed by atoms with van der Waals surface area (Å²) in [5, 5.41) is 0. The molecule has 5 heteroatoms. The number of anilines is 1. The van der Waals surface area contributed by atoms with E-state index in [0.717, 1.165) is 17.8 Å². The summed E-state index contributed by atoms with van der Waals surface area (Å²) in [5.74, 6) is -3.88. The van der Waals surface area contributed by atoms with Crippen molar-refractivity contribution in [2.45, 2.75) is 6.04 Å². The van der Waals surface area contributed by atoms with Crippen LogP contribution < -0.4 is 10.6 Å². The van der Waals surface area contributed by atoms with Gasteiger partial charge in [0.05, 0.1) is 6.04 Å². The Morgan fingerprint density at radius 1 is 1.05 bits per heavy atom. The molecule has 2 aromatic carbocycles. The van der Waals surface area contributed by atoms with Gasteiger partial charge >= 0.3 is 0 Å². The number of halogens is 3. The summed E-state index contributed by atoms with van der Waals surface area (Å²) in [7, 11) is 1.77. The molecule has 2 nitrogen and oxygen atoms in total. The van der Waals surface area contributed by atoms with Crippen LogP contribution in [-0.2, 0) is 0 Å². The van der Waals surface area contributed by atoms with E-state index in [1.165, 1.54) is 0 Å². The van der Waals surface area contributed by atoms with Gasteiger partial charge in [0, 0.05) is 19.3 Å². The maximum atomic E-state index is 13.3. The smallest absolute Gasteiger partial charge is 0.194 e. The minimum atomic E-state index is -1.47. The topological polar surface area (TPSA) is 29.3 Å². The number of rotatable bonds is 4. The summed E-state index contributed by atoms with van der Waals surface area (Å²) in [5.41, 5.74) is 6.86. The van der Waals surface area contributed by atoms with Gasteiger partial charge in [-0.1, -0.05) is 18.2 Å². The number of nitrogens with zero attached hydrogens (tertiary/aromatic N) is 1. The first-order chi connectivity index (χ1) is 9.54. The minimum Gasteiger partial charge on any atom is -0.366 e. The van der Waals surface area contributed by atoms with E-state index in [4.69, 9.17) is 5.73 Å². The molecule has 0 amide bonds. The molecule has 106 valence electrons. The monoisotopic (exact) mass is 280 g/mol. The van der Waals surface area contributed by atoms with Gasteiger partial charge in [-0.25, -0.2) is 13.2 Å². The number of hydrogen-bond donors (Lipinski definition) is 1. The SMILES string of the molecule is CN(c1ccccc1)C(CN)c1cc(F)c(F)c(F)c1. The van der Waals surface area contributed by atoms with Gasteiger partial charge in [-0.15, -0.1) is 0 Å². The van der Waals surface area contributed by atoms with Crippen LogP contribution in [0.15, 0.2) is 42.5 Å². The first kappa shape index (κ1) is 14.4. The van der Waals surface area contributed by atoms with Crippen LogP contribution >= 0.6 is 0 Å². The van der Waals surface area contributed by atoms with Crippen LogP contribution in [0, 0.1) is 17.5 Å². The third kappa shape index (κ3) is 2.77. The van der Waals surface area contributed by atoms with E-state index < -0.39 is 23.5 Å². The molecule has 2 rings (SSSR count). The van der Waals surface area contributed by atoms with Gasteiger partial charge in [0.2, 0.25) is 0 Å². The zero-order valence-electron chi connectivity index (χ0n) is 11.0. The first-order valence-corrected chi connectivity index (χ1v) is 6.17. The summed E-state index contributed by atoms with van der Waals surface area (Å²) in [6.45, 7) is 0.149. The summed E-state index contributed by atoms with van der Waals surface area (Å²) < 4.78 is 39.7. The van der Waals surface area contributed by atoms with E-state index in [0.29, 0.717) is 5.56 Å². The van der Waals surface area contributed by atoms with Crippen LogP contribution in [0.2, 0.25) is 0 Å². The Balaban J connectivity index is 2.38. The molecule has 0 aliphatic rings. The molecular formula is C15H15F3N2. The van der Waals surface area contributed by atoms with Crippen molar-refractivity contribution in [2.24, 2.45) is 5.73 Å². The van der Waals surface area contributed by atoms with Crippen molar-refractivity contribution in [1.29, 1.82) is 0 Å². The lowest BCUT2D eigenvalue weighted by molar-refractivity contribution is 0.443. The van der Waals surface area contributed by atoms with Crippen LogP contribution in [0.1, 0.15) is 11.6 Å². The Morgan fingerprint density at radius 3 is 2.10 bits per heavy atom. The highest BCUT2D eigenvalue weighted by molar-refractivity contribution is 5.48. The first-order valence-electron chi connectivity index (χ1n) is 6.17. The van der Waals surface area contributed by atoms with Crippen LogP contribution in [0.3, 0.4) is 0 Å².